The molecule has 99 heavy (non-hydrogen) atoms. The van der Waals surface area contributed by atoms with E-state index in [1.54, 1.807) is 18.2 Å². The summed E-state index contributed by atoms with van der Waals surface area (Å²) in [5.41, 5.74) is 6.53. The Kier molecular flexibility index (Phi) is 36.5. The van der Waals surface area contributed by atoms with Gasteiger partial charge in [-0.05, 0) is 140 Å². The first-order valence-electron chi connectivity index (χ1n) is 40.0. The molecule has 12 heteroatoms. The molecule has 0 N–H and O–H groups in total. The van der Waals surface area contributed by atoms with Crippen molar-refractivity contribution in [2.45, 2.75) is 318 Å². The second-order valence-corrected chi connectivity index (χ2v) is 28.4. The van der Waals surface area contributed by atoms with Crippen LogP contribution in [0.5, 0.6) is 0 Å². The average molecular weight is 1360 g/mol. The van der Waals surface area contributed by atoms with Crippen LogP contribution < -0.4 is 10.4 Å². The fourth-order valence-electron chi connectivity index (χ4n) is 14.6. The molecule has 12 nitrogen and oxygen atoms in total. The Bertz CT molecular complexity index is 3450. The molecule has 3 aromatic carbocycles. The predicted octanol–water partition coefficient (Wildman–Crippen LogP) is 21.6. The van der Waals surface area contributed by atoms with Gasteiger partial charge in [-0.15, -0.1) is 0 Å². The van der Waals surface area contributed by atoms with Crippen molar-refractivity contribution in [2.75, 3.05) is 39.6 Å². The van der Waals surface area contributed by atoms with E-state index in [9.17, 15) is 19.2 Å². The lowest BCUT2D eigenvalue weighted by atomic mass is 9.85. The number of fused-ring (bicyclic) bond motifs is 11. The zero-order valence-corrected chi connectivity index (χ0v) is 62.2. The van der Waals surface area contributed by atoms with Gasteiger partial charge in [-0.1, -0.05) is 285 Å². The summed E-state index contributed by atoms with van der Waals surface area (Å²) in [5, 5.41) is 2.71. The number of carbonyl (C=O) groups is 6. The molecule has 0 heterocycles. The predicted molar refractivity (Wildman–Crippen MR) is 401 cm³/mol. The van der Waals surface area contributed by atoms with Crippen molar-refractivity contribution < 1.29 is 57.2 Å². The summed E-state index contributed by atoms with van der Waals surface area (Å²) < 4.78 is 36.7. The number of benzene rings is 3. The van der Waals surface area contributed by atoms with E-state index in [1.807, 2.05) is 24.3 Å². The van der Waals surface area contributed by atoms with Gasteiger partial charge in [-0.3, -0.25) is 0 Å². The SMILES string of the molecule is CCCCCCCCCOC(=O)C1=C(C(=O)OCCCCCCCCC)CC2=Cc3c(c4c(c5c3=c3ccc(C(=O)OCCCCCCCCC)c(C(=O)OCCCCCCCCC)c3=C5)-c3ccc(C(=O)OCCCCCCCCC)c(C(=O)OCCCCCCCCC)c3C=4)C2=C1. The molecule has 0 amide bonds. The molecule has 0 saturated carbocycles. The molecule has 4 aliphatic rings. The highest BCUT2D eigenvalue weighted by atomic mass is 16.6. The second kappa shape index (κ2) is 45.3. The molecule has 0 aliphatic heterocycles. The number of esters is 6. The molecule has 544 valence electrons. The lowest BCUT2D eigenvalue weighted by Crippen LogP contribution is -2.24. The van der Waals surface area contributed by atoms with Crippen LogP contribution in [0.4, 0.5) is 0 Å². The third-order valence-electron chi connectivity index (χ3n) is 20.3. The van der Waals surface area contributed by atoms with Gasteiger partial charge in [0.25, 0.3) is 0 Å². The van der Waals surface area contributed by atoms with Crippen molar-refractivity contribution in [1.29, 1.82) is 0 Å². The van der Waals surface area contributed by atoms with Gasteiger partial charge in [0.2, 0.25) is 0 Å². The van der Waals surface area contributed by atoms with Crippen LogP contribution in [0.25, 0.3) is 34.9 Å². The minimum Gasteiger partial charge on any atom is -0.462 e. The van der Waals surface area contributed by atoms with E-state index < -0.39 is 35.8 Å². The fourth-order valence-corrected chi connectivity index (χ4v) is 14.6. The largest absolute Gasteiger partial charge is 0.462 e. The maximum atomic E-state index is 15.1. The monoisotopic (exact) mass is 1360 g/mol. The summed E-state index contributed by atoms with van der Waals surface area (Å²) in [6.07, 6.45) is 51.9. The molecule has 0 unspecified atom stereocenters. The minimum atomic E-state index is -0.625. The first-order chi connectivity index (χ1) is 48.5. The molecule has 0 aromatic heterocycles. The number of allylic oxidation sites excluding steroid dienone is 2. The van der Waals surface area contributed by atoms with Crippen LogP contribution in [0.3, 0.4) is 0 Å². The van der Waals surface area contributed by atoms with Gasteiger partial charge < -0.3 is 28.4 Å². The van der Waals surface area contributed by atoms with Crippen molar-refractivity contribution in [3.8, 4) is 11.1 Å². The summed E-state index contributed by atoms with van der Waals surface area (Å²) in [6, 6.07) is 7.15. The zero-order valence-electron chi connectivity index (χ0n) is 62.2. The van der Waals surface area contributed by atoms with Gasteiger partial charge in [0.1, 0.15) is 0 Å². The standard InChI is InChI=1S/C87H124O12/c1-7-13-19-25-31-37-43-53-94-82(88)67-51-49-65-70(80(67)86(92)98-57-47-41-35-29-23-17-11-5)62-75-77(65)74-60-64-59-72(84(90)96-55-45-39-33-27-21-15-9-3)73(85(91)97-56-46-40-34-28-22-16-10-4)61-69(64)79(74)76-63-71-66(78(75)76)50-52-68(83(89)95-54-44-38-32-26-20-14-8-2)81(71)87(93)99-58-48-42-36-30-24-18-12-6/h49-52,60-63H,7-48,53-59H2,1-6H3. The summed E-state index contributed by atoms with van der Waals surface area (Å²) >= 11 is 0. The molecule has 0 spiro atoms. The van der Waals surface area contributed by atoms with E-state index in [1.165, 1.54) is 96.3 Å². The van der Waals surface area contributed by atoms with Gasteiger partial charge in [-0.2, -0.15) is 0 Å². The molecule has 0 radical (unpaired) electrons. The molecule has 0 bridgehead atoms. The number of carbonyl (C=O) groups excluding carboxylic acids is 6. The van der Waals surface area contributed by atoms with Crippen LogP contribution >= 0.6 is 0 Å². The summed E-state index contributed by atoms with van der Waals surface area (Å²) in [4.78, 5) is 88.7. The van der Waals surface area contributed by atoms with Crippen molar-refractivity contribution >= 4 is 59.6 Å². The summed E-state index contributed by atoms with van der Waals surface area (Å²) in [5.74, 6) is -3.59. The molecule has 4 aliphatic carbocycles. The molecular formula is C87H124O12. The topological polar surface area (TPSA) is 158 Å². The van der Waals surface area contributed by atoms with Gasteiger partial charge in [0.05, 0.1) is 73.0 Å². The van der Waals surface area contributed by atoms with Crippen molar-refractivity contribution in [3.05, 3.63) is 112 Å². The zero-order chi connectivity index (χ0) is 70.4. The molecule has 7 rings (SSSR count). The van der Waals surface area contributed by atoms with Crippen LogP contribution in [0.1, 0.15) is 381 Å². The van der Waals surface area contributed by atoms with E-state index in [2.05, 4.69) is 47.6 Å². The Morgan fingerprint density at radius 2 is 0.636 bits per heavy atom. The third kappa shape index (κ3) is 23.8. The van der Waals surface area contributed by atoms with E-state index in [-0.39, 0.29) is 79.5 Å². The van der Waals surface area contributed by atoms with E-state index >= 15 is 9.59 Å². The summed E-state index contributed by atoms with van der Waals surface area (Å²) in [6.45, 7) is 14.4. The third-order valence-corrected chi connectivity index (χ3v) is 20.3. The number of ether oxygens (including phenoxy) is 6. The van der Waals surface area contributed by atoms with Crippen LogP contribution in [0.15, 0.2) is 47.1 Å². The van der Waals surface area contributed by atoms with Crippen molar-refractivity contribution in [1.82, 2.24) is 0 Å². The number of hydrogen-bond donors (Lipinski definition) is 0. The van der Waals surface area contributed by atoms with E-state index in [0.717, 1.165) is 173 Å². The fraction of sp³-hybridized carbons (Fsp3) is 0.632. The van der Waals surface area contributed by atoms with Crippen LogP contribution in [-0.4, -0.2) is 75.5 Å². The van der Waals surface area contributed by atoms with Crippen molar-refractivity contribution in [3.63, 3.8) is 0 Å². The quantitative estimate of drug-likeness (QED) is 0.0206. The van der Waals surface area contributed by atoms with Crippen LogP contribution in [-0.2, 0) is 38.0 Å². The molecular weight excluding hydrogens is 1240 g/mol. The average Bonchev–Trinajstić information content (AvgIpc) is 1.53. The molecule has 0 fully saturated rings. The highest BCUT2D eigenvalue weighted by molar-refractivity contribution is 6.14. The Hall–Kier alpha value is -6.56. The molecule has 0 saturated heterocycles. The maximum absolute atomic E-state index is 15.1. The highest BCUT2D eigenvalue weighted by Crippen LogP contribution is 2.47. The second-order valence-electron chi connectivity index (χ2n) is 28.4. The van der Waals surface area contributed by atoms with Crippen LogP contribution in [0.2, 0.25) is 0 Å². The van der Waals surface area contributed by atoms with Gasteiger partial charge in [0.15, 0.2) is 0 Å². The normalized spacial score (nSPS) is 12.9. The van der Waals surface area contributed by atoms with Crippen molar-refractivity contribution in [2.24, 2.45) is 0 Å². The highest BCUT2D eigenvalue weighted by Gasteiger charge is 2.38. The van der Waals surface area contributed by atoms with Gasteiger partial charge in [-0.25, -0.2) is 28.8 Å². The summed E-state index contributed by atoms with van der Waals surface area (Å²) in [7, 11) is 0. The lowest BCUT2D eigenvalue weighted by molar-refractivity contribution is -0.142. The smallest absolute Gasteiger partial charge is 0.339 e. The van der Waals surface area contributed by atoms with Crippen LogP contribution in [0, 0.1) is 10.4 Å². The van der Waals surface area contributed by atoms with Gasteiger partial charge >= 0.3 is 35.8 Å². The maximum Gasteiger partial charge on any atom is 0.339 e. The number of rotatable bonds is 54. The van der Waals surface area contributed by atoms with E-state index in [4.69, 9.17) is 28.4 Å². The number of unbranched alkanes of at least 4 members (excludes halogenated alkanes) is 36. The lowest BCUT2D eigenvalue weighted by Gasteiger charge is -2.20. The minimum absolute atomic E-state index is 0.0793. The Morgan fingerprint density at radius 3 is 1.06 bits per heavy atom. The van der Waals surface area contributed by atoms with Gasteiger partial charge in [0, 0.05) is 6.42 Å². The van der Waals surface area contributed by atoms with E-state index in [0.29, 0.717) is 65.7 Å². The Morgan fingerprint density at radius 1 is 0.303 bits per heavy atom. The molecule has 0 atom stereocenters. The first-order valence-corrected chi connectivity index (χ1v) is 40.0. The Balaban J connectivity index is 1.39. The Labute approximate surface area is 594 Å². The number of hydrogen-bond acceptors (Lipinski definition) is 12. The first kappa shape index (κ1) is 79.8. The molecule has 3 aromatic rings.